The number of benzene rings is 1. The van der Waals surface area contributed by atoms with Crippen molar-refractivity contribution in [3.05, 3.63) is 52.9 Å². The Bertz CT molecular complexity index is 904. The van der Waals surface area contributed by atoms with Gasteiger partial charge in [-0.3, -0.25) is 9.59 Å². The Balaban J connectivity index is 1.39. The molecule has 1 saturated carbocycles. The normalized spacial score (nSPS) is 16.4. The van der Waals surface area contributed by atoms with E-state index in [4.69, 9.17) is 0 Å². The first-order valence-electron chi connectivity index (χ1n) is 9.84. The highest BCUT2D eigenvalue weighted by Crippen LogP contribution is 2.26. The molecular formula is C21H25FN4O2. The van der Waals surface area contributed by atoms with Crippen LogP contribution in [0.25, 0.3) is 0 Å². The molecule has 28 heavy (non-hydrogen) atoms. The summed E-state index contributed by atoms with van der Waals surface area (Å²) in [7, 11) is 1.93. The molecule has 1 aromatic heterocycles. The van der Waals surface area contributed by atoms with Gasteiger partial charge in [-0.05, 0) is 30.5 Å². The second-order valence-corrected chi connectivity index (χ2v) is 7.70. The molecule has 0 radical (unpaired) electrons. The molecule has 7 heteroatoms. The highest BCUT2D eigenvalue weighted by molar-refractivity contribution is 5.79. The summed E-state index contributed by atoms with van der Waals surface area (Å²) in [4.78, 5) is 31.2. The summed E-state index contributed by atoms with van der Waals surface area (Å²) in [5.41, 5.74) is 2.68. The molecule has 2 amide bonds. The van der Waals surface area contributed by atoms with Crippen LogP contribution in [0.3, 0.4) is 0 Å². The molecule has 1 aliphatic carbocycles. The van der Waals surface area contributed by atoms with Crippen LogP contribution in [-0.4, -0.2) is 32.8 Å². The number of halogens is 1. The number of hydrogen-bond acceptors (Lipinski definition) is 3. The minimum atomic E-state index is -0.327. The molecule has 1 fully saturated rings. The van der Waals surface area contributed by atoms with E-state index in [0.717, 1.165) is 36.5 Å². The zero-order valence-electron chi connectivity index (χ0n) is 16.1. The van der Waals surface area contributed by atoms with E-state index in [0.29, 0.717) is 31.6 Å². The standard InChI is InChI=1S/C21H25FN4O2/c1-25-18-13-26(20(27)11-14-4-2-7-16(22)10-14)9-8-17(18)24-19(25)12-23-21(28)15-5-3-6-15/h2,4,7,10,15H,3,5-6,8-9,11-13H2,1H3,(H,23,28). The number of nitrogens with one attached hydrogen (secondary N) is 1. The van der Waals surface area contributed by atoms with E-state index in [2.05, 4.69) is 10.3 Å². The molecule has 1 aliphatic heterocycles. The van der Waals surface area contributed by atoms with Crippen LogP contribution in [-0.2, 0) is 42.6 Å². The Morgan fingerprint density at radius 2 is 2.14 bits per heavy atom. The third kappa shape index (κ3) is 3.79. The van der Waals surface area contributed by atoms with Gasteiger partial charge in [-0.2, -0.15) is 0 Å². The minimum absolute atomic E-state index is 0.0164. The lowest BCUT2D eigenvalue weighted by atomic mass is 9.85. The molecule has 0 spiro atoms. The monoisotopic (exact) mass is 384 g/mol. The van der Waals surface area contributed by atoms with Gasteiger partial charge in [0.05, 0.1) is 30.9 Å². The Morgan fingerprint density at radius 3 is 2.86 bits per heavy atom. The van der Waals surface area contributed by atoms with E-state index in [-0.39, 0.29) is 30.0 Å². The topological polar surface area (TPSA) is 67.2 Å². The van der Waals surface area contributed by atoms with Gasteiger partial charge in [0, 0.05) is 25.9 Å². The quantitative estimate of drug-likeness (QED) is 0.859. The molecule has 148 valence electrons. The summed E-state index contributed by atoms with van der Waals surface area (Å²) >= 11 is 0. The van der Waals surface area contributed by atoms with Crippen molar-refractivity contribution < 1.29 is 14.0 Å². The molecule has 2 heterocycles. The van der Waals surface area contributed by atoms with Gasteiger partial charge in [-0.25, -0.2) is 9.37 Å². The van der Waals surface area contributed by atoms with E-state index in [1.54, 1.807) is 17.0 Å². The third-order valence-electron chi connectivity index (χ3n) is 5.84. The molecule has 0 unspecified atom stereocenters. The van der Waals surface area contributed by atoms with Crippen LogP contribution in [0.5, 0.6) is 0 Å². The molecular weight excluding hydrogens is 359 g/mol. The van der Waals surface area contributed by atoms with Gasteiger partial charge < -0.3 is 14.8 Å². The molecule has 6 nitrogen and oxygen atoms in total. The van der Waals surface area contributed by atoms with Gasteiger partial charge in [0.15, 0.2) is 0 Å². The second-order valence-electron chi connectivity index (χ2n) is 7.70. The van der Waals surface area contributed by atoms with E-state index in [1.165, 1.54) is 12.1 Å². The van der Waals surface area contributed by atoms with Crippen molar-refractivity contribution in [2.24, 2.45) is 13.0 Å². The number of hydrogen-bond donors (Lipinski definition) is 1. The van der Waals surface area contributed by atoms with Crippen molar-refractivity contribution in [2.75, 3.05) is 6.54 Å². The maximum Gasteiger partial charge on any atom is 0.227 e. The average Bonchev–Trinajstić information content (AvgIpc) is 2.94. The van der Waals surface area contributed by atoms with E-state index in [9.17, 15) is 14.0 Å². The first-order chi connectivity index (χ1) is 13.5. The maximum absolute atomic E-state index is 13.4. The largest absolute Gasteiger partial charge is 0.349 e. The Morgan fingerprint density at radius 1 is 1.32 bits per heavy atom. The van der Waals surface area contributed by atoms with Crippen LogP contribution >= 0.6 is 0 Å². The Kier molecular flexibility index (Phi) is 5.15. The number of imidazole rings is 1. The number of rotatable bonds is 5. The number of carbonyl (C=O) groups is 2. The van der Waals surface area contributed by atoms with Crippen LogP contribution in [0.4, 0.5) is 4.39 Å². The smallest absolute Gasteiger partial charge is 0.227 e. The Labute approximate surface area is 163 Å². The van der Waals surface area contributed by atoms with Crippen LogP contribution in [0.2, 0.25) is 0 Å². The van der Waals surface area contributed by atoms with Gasteiger partial charge in [-0.1, -0.05) is 18.6 Å². The van der Waals surface area contributed by atoms with Crippen molar-refractivity contribution in [3.63, 3.8) is 0 Å². The molecule has 0 saturated heterocycles. The van der Waals surface area contributed by atoms with E-state index < -0.39 is 0 Å². The lowest BCUT2D eigenvalue weighted by molar-refractivity contribution is -0.131. The fourth-order valence-corrected chi connectivity index (χ4v) is 3.83. The molecule has 2 aromatic rings. The number of nitrogens with zero attached hydrogens (tertiary/aromatic N) is 3. The second kappa shape index (κ2) is 7.73. The maximum atomic E-state index is 13.4. The molecule has 1 aromatic carbocycles. The molecule has 0 atom stereocenters. The number of aromatic nitrogens is 2. The lowest BCUT2D eigenvalue weighted by Crippen LogP contribution is -2.37. The summed E-state index contributed by atoms with van der Waals surface area (Å²) in [6.45, 7) is 1.51. The summed E-state index contributed by atoms with van der Waals surface area (Å²) in [5, 5.41) is 2.98. The number of carbonyl (C=O) groups excluding carboxylic acids is 2. The van der Waals surface area contributed by atoms with Crippen LogP contribution in [0.1, 0.15) is 42.0 Å². The highest BCUT2D eigenvalue weighted by Gasteiger charge is 2.27. The summed E-state index contributed by atoms with van der Waals surface area (Å²) in [6.07, 6.45) is 3.97. The fourth-order valence-electron chi connectivity index (χ4n) is 3.83. The highest BCUT2D eigenvalue weighted by atomic mass is 19.1. The number of amides is 2. The first kappa shape index (κ1) is 18.7. The van der Waals surface area contributed by atoms with Crippen molar-refractivity contribution in [2.45, 2.75) is 45.2 Å². The molecule has 0 bridgehead atoms. The van der Waals surface area contributed by atoms with E-state index in [1.807, 2.05) is 11.6 Å². The van der Waals surface area contributed by atoms with Gasteiger partial charge in [0.25, 0.3) is 0 Å². The Hall–Kier alpha value is -2.70. The first-order valence-corrected chi connectivity index (χ1v) is 9.84. The van der Waals surface area contributed by atoms with Crippen molar-refractivity contribution in [1.29, 1.82) is 0 Å². The average molecular weight is 384 g/mol. The molecule has 4 rings (SSSR count). The van der Waals surface area contributed by atoms with Crippen LogP contribution < -0.4 is 5.32 Å². The zero-order chi connectivity index (χ0) is 19.7. The number of fused-ring (bicyclic) bond motifs is 1. The third-order valence-corrected chi connectivity index (χ3v) is 5.84. The van der Waals surface area contributed by atoms with Crippen LogP contribution in [0.15, 0.2) is 24.3 Å². The van der Waals surface area contributed by atoms with Crippen molar-refractivity contribution in [1.82, 2.24) is 19.8 Å². The van der Waals surface area contributed by atoms with Gasteiger partial charge in [-0.15, -0.1) is 0 Å². The molecule has 2 aliphatic rings. The lowest BCUT2D eigenvalue weighted by Gasteiger charge is -2.27. The van der Waals surface area contributed by atoms with Crippen LogP contribution in [0, 0.1) is 11.7 Å². The predicted molar refractivity (Wildman–Crippen MR) is 102 cm³/mol. The summed E-state index contributed by atoms with van der Waals surface area (Å²) < 4.78 is 15.3. The summed E-state index contributed by atoms with van der Waals surface area (Å²) in [5.74, 6) is 0.741. The van der Waals surface area contributed by atoms with Gasteiger partial charge >= 0.3 is 0 Å². The molecule has 1 N–H and O–H groups in total. The van der Waals surface area contributed by atoms with Crippen molar-refractivity contribution in [3.8, 4) is 0 Å². The van der Waals surface area contributed by atoms with Crippen molar-refractivity contribution >= 4 is 11.8 Å². The minimum Gasteiger partial charge on any atom is -0.349 e. The van der Waals surface area contributed by atoms with Gasteiger partial charge in [0.2, 0.25) is 11.8 Å². The summed E-state index contributed by atoms with van der Waals surface area (Å²) in [6, 6.07) is 6.17. The fraction of sp³-hybridized carbons (Fsp3) is 0.476. The zero-order valence-corrected chi connectivity index (χ0v) is 16.1. The predicted octanol–water partition coefficient (Wildman–Crippen LogP) is 2.10. The van der Waals surface area contributed by atoms with Gasteiger partial charge in [0.1, 0.15) is 11.6 Å². The SMILES string of the molecule is Cn1c(CNC(=O)C2CCC2)nc2c1CN(C(=O)Cc1cccc(F)c1)CC2. The van der Waals surface area contributed by atoms with E-state index >= 15 is 0 Å².